The number of aliphatic hydroxyl groups excluding tert-OH is 1. The molecule has 3 aromatic heterocycles. The number of hydrogen-bond acceptors (Lipinski definition) is 6. The van der Waals surface area contributed by atoms with Crippen LogP contribution in [-0.4, -0.2) is 31.2 Å². The number of rotatable bonds is 3. The molecule has 2 aliphatic rings. The zero-order valence-corrected chi connectivity index (χ0v) is 18.3. The van der Waals surface area contributed by atoms with Crippen molar-refractivity contribution in [3.63, 3.8) is 0 Å². The van der Waals surface area contributed by atoms with Crippen LogP contribution in [0.1, 0.15) is 56.0 Å². The molecule has 0 spiro atoms. The van der Waals surface area contributed by atoms with Gasteiger partial charge in [0.15, 0.2) is 0 Å². The number of hydrogen-bond donors (Lipinski definition) is 3. The zero-order valence-electron chi connectivity index (χ0n) is 18.3. The van der Waals surface area contributed by atoms with Crippen molar-refractivity contribution in [1.29, 1.82) is 0 Å². The predicted molar refractivity (Wildman–Crippen MR) is 126 cm³/mol. The van der Waals surface area contributed by atoms with E-state index in [1.807, 2.05) is 18.3 Å². The van der Waals surface area contributed by atoms with Crippen molar-refractivity contribution >= 4 is 33.7 Å². The molecule has 0 bridgehead atoms. The molecular weight excluding hydrogens is 400 g/mol. The summed E-state index contributed by atoms with van der Waals surface area (Å²) < 4.78 is 2.43. The highest BCUT2D eigenvalue weighted by atomic mass is 16.3. The Morgan fingerprint density at radius 3 is 2.75 bits per heavy atom. The number of nitrogens with one attached hydrogen (secondary N) is 2. The van der Waals surface area contributed by atoms with Gasteiger partial charge in [0.05, 0.1) is 11.2 Å². The number of nitrogens with zero attached hydrogens (tertiary/aromatic N) is 4. The number of pyridine rings is 1. The predicted octanol–water partition coefficient (Wildman–Crippen LogP) is 4.61. The van der Waals surface area contributed by atoms with Crippen LogP contribution in [0.3, 0.4) is 0 Å². The van der Waals surface area contributed by atoms with Gasteiger partial charge in [-0.2, -0.15) is 4.98 Å². The lowest BCUT2D eigenvalue weighted by Gasteiger charge is -2.28. The van der Waals surface area contributed by atoms with Gasteiger partial charge in [-0.15, -0.1) is 0 Å². The molecule has 1 aromatic carbocycles. The van der Waals surface area contributed by atoms with Gasteiger partial charge < -0.3 is 20.3 Å². The molecule has 4 heterocycles. The van der Waals surface area contributed by atoms with Crippen LogP contribution in [0.2, 0.25) is 0 Å². The lowest BCUT2D eigenvalue weighted by molar-refractivity contribution is 0.160. The first-order valence-electron chi connectivity index (χ1n) is 11.6. The average molecular weight is 429 g/mol. The first-order valence-corrected chi connectivity index (χ1v) is 11.6. The van der Waals surface area contributed by atoms with Crippen LogP contribution in [0, 0.1) is 5.92 Å². The van der Waals surface area contributed by atoms with Crippen molar-refractivity contribution in [1.82, 2.24) is 24.8 Å². The molecule has 0 radical (unpaired) electrons. The maximum atomic E-state index is 10.3. The maximum absolute atomic E-state index is 10.3. The van der Waals surface area contributed by atoms with Gasteiger partial charge >= 0.3 is 0 Å². The third-order valence-corrected chi connectivity index (χ3v) is 7.02. The topological polar surface area (TPSA) is 87.9 Å². The highest BCUT2D eigenvalue weighted by molar-refractivity contribution is 6.06. The van der Waals surface area contributed by atoms with Crippen LogP contribution in [0.25, 0.3) is 21.9 Å². The number of para-hydroxylation sites is 1. The van der Waals surface area contributed by atoms with E-state index in [9.17, 15) is 5.11 Å². The zero-order chi connectivity index (χ0) is 21.7. The number of aromatic nitrogens is 4. The van der Waals surface area contributed by atoms with Crippen molar-refractivity contribution in [3.05, 3.63) is 53.9 Å². The minimum Gasteiger partial charge on any atom is -0.385 e. The lowest BCUT2D eigenvalue weighted by Crippen LogP contribution is -2.29. The molecular formula is C25H28N6O. The summed E-state index contributed by atoms with van der Waals surface area (Å²) in [5.41, 5.74) is 3.96. The number of fused-ring (bicyclic) bond motifs is 4. The van der Waals surface area contributed by atoms with E-state index >= 15 is 0 Å². The standard InChI is InChI=1S/C25H28N6O/c1-15-6-9-17(10-7-15)31-20-5-3-2-4-18(20)19-13-27-25(30-24(19)31)29-22-11-8-16-12-26-14-21(32)23(16)28-22/h2-5,8,11,13,15,17,21,26,32H,6-7,9-10,12,14H2,1H3,(H,27,28,29,30)/t15-,17-,21-/m1/s1. The Balaban J connectivity index is 1.41. The number of β-amino-alcohol motifs (C(OH)–C–C–N with tert-alkyl or cyclic N) is 1. The van der Waals surface area contributed by atoms with Crippen molar-refractivity contribution in [2.24, 2.45) is 5.92 Å². The molecule has 1 fully saturated rings. The quantitative estimate of drug-likeness (QED) is 0.442. The van der Waals surface area contributed by atoms with Crippen LogP contribution in [0.15, 0.2) is 42.6 Å². The van der Waals surface area contributed by atoms with Gasteiger partial charge in [0.1, 0.15) is 17.6 Å². The molecule has 0 unspecified atom stereocenters. The van der Waals surface area contributed by atoms with Crippen molar-refractivity contribution in [3.8, 4) is 0 Å². The second-order valence-electron chi connectivity index (χ2n) is 9.24. The summed E-state index contributed by atoms with van der Waals surface area (Å²) >= 11 is 0. The van der Waals surface area contributed by atoms with E-state index in [0.717, 1.165) is 34.8 Å². The van der Waals surface area contributed by atoms with E-state index in [1.54, 1.807) is 0 Å². The highest BCUT2D eigenvalue weighted by Gasteiger charge is 2.24. The normalized spacial score (nSPS) is 23.4. The Labute approximate surface area is 186 Å². The fourth-order valence-electron chi connectivity index (χ4n) is 5.27. The number of aliphatic hydroxyl groups is 1. The average Bonchev–Trinajstić information content (AvgIpc) is 3.14. The minimum absolute atomic E-state index is 0.459. The highest BCUT2D eigenvalue weighted by Crippen LogP contribution is 2.38. The van der Waals surface area contributed by atoms with Crippen LogP contribution in [0.4, 0.5) is 11.8 Å². The fourth-order valence-corrected chi connectivity index (χ4v) is 5.27. The lowest BCUT2D eigenvalue weighted by atomic mass is 9.87. The summed E-state index contributed by atoms with van der Waals surface area (Å²) in [7, 11) is 0. The largest absolute Gasteiger partial charge is 0.385 e. The molecule has 32 heavy (non-hydrogen) atoms. The van der Waals surface area contributed by atoms with Crippen LogP contribution in [-0.2, 0) is 6.54 Å². The molecule has 4 aromatic rings. The summed E-state index contributed by atoms with van der Waals surface area (Å²) in [4.78, 5) is 14.2. The van der Waals surface area contributed by atoms with E-state index in [4.69, 9.17) is 4.98 Å². The van der Waals surface area contributed by atoms with Gasteiger partial charge in [-0.05, 0) is 49.3 Å². The minimum atomic E-state index is -0.597. The van der Waals surface area contributed by atoms with E-state index < -0.39 is 6.10 Å². The molecule has 0 amide bonds. The number of benzene rings is 1. The van der Waals surface area contributed by atoms with Crippen LogP contribution in [0.5, 0.6) is 0 Å². The second kappa shape index (κ2) is 7.83. The van der Waals surface area contributed by atoms with Gasteiger partial charge in [-0.1, -0.05) is 31.2 Å². The molecule has 6 rings (SSSR count). The van der Waals surface area contributed by atoms with Crippen LogP contribution >= 0.6 is 0 Å². The maximum Gasteiger partial charge on any atom is 0.230 e. The summed E-state index contributed by atoms with van der Waals surface area (Å²) in [6.45, 7) is 3.60. The van der Waals surface area contributed by atoms with Crippen LogP contribution < -0.4 is 10.6 Å². The second-order valence-corrected chi connectivity index (χ2v) is 9.24. The molecule has 1 aliphatic carbocycles. The van der Waals surface area contributed by atoms with E-state index in [2.05, 4.69) is 56.4 Å². The molecule has 0 saturated heterocycles. The molecule has 1 atom stereocenters. The molecule has 1 saturated carbocycles. The summed E-state index contributed by atoms with van der Waals surface area (Å²) in [6, 6.07) is 12.9. The Kier molecular flexibility index (Phi) is 4.81. The third-order valence-electron chi connectivity index (χ3n) is 7.02. The third kappa shape index (κ3) is 3.32. The first kappa shape index (κ1) is 19.6. The van der Waals surface area contributed by atoms with E-state index in [0.29, 0.717) is 24.4 Å². The van der Waals surface area contributed by atoms with Gasteiger partial charge in [-0.25, -0.2) is 9.97 Å². The summed E-state index contributed by atoms with van der Waals surface area (Å²) in [5.74, 6) is 1.98. The van der Waals surface area contributed by atoms with Crippen molar-refractivity contribution in [2.45, 2.75) is 51.3 Å². The Morgan fingerprint density at radius 1 is 1.03 bits per heavy atom. The Morgan fingerprint density at radius 2 is 1.88 bits per heavy atom. The van der Waals surface area contributed by atoms with Gasteiger partial charge in [0.2, 0.25) is 5.95 Å². The fraction of sp³-hybridized carbons (Fsp3) is 0.400. The van der Waals surface area contributed by atoms with Gasteiger partial charge in [-0.3, -0.25) is 0 Å². The summed E-state index contributed by atoms with van der Waals surface area (Å²) in [6.07, 6.45) is 6.20. The molecule has 164 valence electrons. The first-order chi connectivity index (χ1) is 15.7. The van der Waals surface area contributed by atoms with Gasteiger partial charge in [0, 0.05) is 36.1 Å². The smallest absolute Gasteiger partial charge is 0.230 e. The van der Waals surface area contributed by atoms with Gasteiger partial charge in [0.25, 0.3) is 0 Å². The van der Waals surface area contributed by atoms with Crippen molar-refractivity contribution in [2.75, 3.05) is 11.9 Å². The molecule has 7 heteroatoms. The number of anilines is 2. The Bertz CT molecular complexity index is 1290. The van der Waals surface area contributed by atoms with E-state index in [1.165, 1.54) is 36.6 Å². The SMILES string of the molecule is C[C@H]1CC[C@H](n2c3ccccc3c3cnc(Nc4ccc5c(n4)[C@H](O)CNC5)nc32)CC1. The molecule has 1 aliphatic heterocycles. The monoisotopic (exact) mass is 428 g/mol. The molecule has 7 nitrogen and oxygen atoms in total. The van der Waals surface area contributed by atoms with Crippen molar-refractivity contribution < 1.29 is 5.11 Å². The summed E-state index contributed by atoms with van der Waals surface area (Å²) in [5, 5.41) is 19.0. The molecule has 3 N–H and O–H groups in total. The Hall–Kier alpha value is -3.03. The van der Waals surface area contributed by atoms with E-state index in [-0.39, 0.29) is 0 Å².